The Bertz CT molecular complexity index is 3460. The molecule has 0 fully saturated rings. The fourth-order valence-electron chi connectivity index (χ4n) is 8.82. The van der Waals surface area contributed by atoms with Gasteiger partial charge < -0.3 is 8.98 Å². The van der Waals surface area contributed by atoms with Crippen molar-refractivity contribution in [2.75, 3.05) is 0 Å². The Morgan fingerprint density at radius 1 is 0.536 bits per heavy atom. The van der Waals surface area contributed by atoms with Gasteiger partial charge in [0.1, 0.15) is 17.0 Å². The summed E-state index contributed by atoms with van der Waals surface area (Å²) in [6, 6.07) is 54.1. The summed E-state index contributed by atoms with van der Waals surface area (Å²) in [7, 11) is 0. The van der Waals surface area contributed by atoms with Crippen LogP contribution in [0.15, 0.2) is 180 Å². The average Bonchev–Trinajstić information content (AvgIpc) is 3.82. The molecule has 262 valence electrons. The van der Waals surface area contributed by atoms with Crippen LogP contribution in [0.2, 0.25) is 0 Å². The molecule has 1 aliphatic rings. The van der Waals surface area contributed by atoms with Crippen LogP contribution in [0.5, 0.6) is 0 Å². The molecule has 0 spiro atoms. The van der Waals surface area contributed by atoms with Crippen molar-refractivity contribution < 1.29 is 4.42 Å². The molecular weight excluding hydrogens is 685 g/mol. The van der Waals surface area contributed by atoms with E-state index >= 15 is 0 Å². The molecule has 8 aromatic carbocycles. The predicted octanol–water partition coefficient (Wildman–Crippen LogP) is 13.3. The highest BCUT2D eigenvalue weighted by atomic mass is 16.3. The molecule has 1 aliphatic carbocycles. The molecule has 56 heavy (non-hydrogen) atoms. The zero-order valence-electron chi connectivity index (χ0n) is 30.2. The van der Waals surface area contributed by atoms with Crippen molar-refractivity contribution in [2.45, 2.75) is 12.3 Å². The highest BCUT2D eigenvalue weighted by Crippen LogP contribution is 2.42. The van der Waals surface area contributed by atoms with E-state index in [1.165, 1.54) is 43.4 Å². The van der Waals surface area contributed by atoms with Gasteiger partial charge in [-0.3, -0.25) is 0 Å². The number of benzene rings is 8. The minimum atomic E-state index is 0.0670. The van der Waals surface area contributed by atoms with Gasteiger partial charge in [0, 0.05) is 44.1 Å². The number of nitrogens with zero attached hydrogens (tertiary/aromatic N) is 4. The average molecular weight is 717 g/mol. The Kier molecular flexibility index (Phi) is 6.69. The van der Waals surface area contributed by atoms with E-state index in [-0.39, 0.29) is 5.92 Å². The second kappa shape index (κ2) is 12.1. The van der Waals surface area contributed by atoms with Gasteiger partial charge in [0.05, 0.1) is 16.6 Å². The second-order valence-electron chi connectivity index (χ2n) is 14.7. The van der Waals surface area contributed by atoms with Gasteiger partial charge in [0.15, 0.2) is 11.6 Å². The van der Waals surface area contributed by atoms with Crippen molar-refractivity contribution in [3.05, 3.63) is 182 Å². The first-order valence-corrected chi connectivity index (χ1v) is 19.1. The van der Waals surface area contributed by atoms with Crippen molar-refractivity contribution in [1.29, 1.82) is 0 Å². The quantitative estimate of drug-likeness (QED) is 0.182. The maximum atomic E-state index is 6.82. The summed E-state index contributed by atoms with van der Waals surface area (Å²) in [6.07, 6.45) is 9.33. The molecule has 0 radical (unpaired) electrons. The normalized spacial score (nSPS) is 14.4. The molecule has 3 aromatic heterocycles. The van der Waals surface area contributed by atoms with Crippen LogP contribution in [-0.2, 0) is 0 Å². The monoisotopic (exact) mass is 716 g/mol. The van der Waals surface area contributed by atoms with Crippen LogP contribution in [0.1, 0.15) is 18.2 Å². The summed E-state index contributed by atoms with van der Waals surface area (Å²) in [5.74, 6) is 2.08. The first kappa shape index (κ1) is 31.0. The number of furan rings is 1. The molecule has 0 bridgehead atoms. The Morgan fingerprint density at radius 2 is 1.29 bits per heavy atom. The Hall–Kier alpha value is -7.37. The molecule has 5 nitrogen and oxygen atoms in total. The van der Waals surface area contributed by atoms with Crippen molar-refractivity contribution in [2.24, 2.45) is 0 Å². The van der Waals surface area contributed by atoms with Crippen LogP contribution in [0.3, 0.4) is 0 Å². The number of aromatic nitrogens is 4. The number of rotatable bonds is 4. The Labute approximate surface area is 321 Å². The molecular formula is C51H32N4O. The van der Waals surface area contributed by atoms with Crippen LogP contribution in [0.4, 0.5) is 0 Å². The lowest BCUT2D eigenvalue weighted by Crippen LogP contribution is -2.07. The Morgan fingerprint density at radius 3 is 2.16 bits per heavy atom. The van der Waals surface area contributed by atoms with E-state index in [2.05, 4.69) is 150 Å². The molecule has 0 aliphatic heterocycles. The SMILES string of the molecule is C1=CCC(c2nc(-c3ccccc3)nc(-c3cccc4c3oc3ccc5ccc(-n6c7cc8ccccc8cc7c7ccc8ccccc8c76)cc5c34)n2)C=C1. The summed E-state index contributed by atoms with van der Waals surface area (Å²) >= 11 is 0. The number of hydrogen-bond acceptors (Lipinski definition) is 4. The van der Waals surface area contributed by atoms with Gasteiger partial charge in [-0.05, 0) is 69.8 Å². The summed E-state index contributed by atoms with van der Waals surface area (Å²) in [5.41, 5.74) is 6.89. The second-order valence-corrected chi connectivity index (χ2v) is 14.7. The standard InChI is InChI=1S/C51H32N4O/c1-3-13-33(14-4-1)49-52-50(34-15-5-2-6-16-34)54-51(53-49)41-21-11-20-40-46-42-30-37(25-22-32(42)24-27-45(46)56-48(40)41)55-44-29-36-18-8-7-17-35(36)28-43(44)39-26-23-31-12-9-10-19-38(31)47(39)55/h1-15,17-30,34H,16H2. The number of hydrogen-bond donors (Lipinski definition) is 0. The van der Waals surface area contributed by atoms with Crippen LogP contribution >= 0.6 is 0 Å². The van der Waals surface area contributed by atoms with Gasteiger partial charge >= 0.3 is 0 Å². The summed E-state index contributed by atoms with van der Waals surface area (Å²) in [4.78, 5) is 15.2. The minimum Gasteiger partial charge on any atom is -0.455 e. The third-order valence-corrected chi connectivity index (χ3v) is 11.5. The van der Waals surface area contributed by atoms with Crippen LogP contribution in [-0.4, -0.2) is 19.5 Å². The third-order valence-electron chi connectivity index (χ3n) is 11.5. The lowest BCUT2D eigenvalue weighted by Gasteiger charge is -2.14. The molecule has 0 N–H and O–H groups in total. The van der Waals surface area contributed by atoms with E-state index in [0.717, 1.165) is 61.8 Å². The van der Waals surface area contributed by atoms with Crippen LogP contribution in [0, 0.1) is 0 Å². The predicted molar refractivity (Wildman–Crippen MR) is 230 cm³/mol. The molecule has 0 saturated heterocycles. The van der Waals surface area contributed by atoms with E-state index < -0.39 is 0 Å². The van der Waals surface area contributed by atoms with Crippen LogP contribution < -0.4 is 0 Å². The summed E-state index contributed by atoms with van der Waals surface area (Å²) in [6.45, 7) is 0. The van der Waals surface area contributed by atoms with Gasteiger partial charge in [-0.2, -0.15) is 0 Å². The molecule has 0 saturated carbocycles. The third kappa shape index (κ3) is 4.71. The highest BCUT2D eigenvalue weighted by Gasteiger charge is 2.22. The van der Waals surface area contributed by atoms with E-state index in [0.29, 0.717) is 11.6 Å². The molecule has 0 amide bonds. The van der Waals surface area contributed by atoms with E-state index in [9.17, 15) is 0 Å². The number of allylic oxidation sites excluding steroid dienone is 4. The summed E-state index contributed by atoms with van der Waals surface area (Å²) < 4.78 is 9.28. The van der Waals surface area contributed by atoms with Crippen molar-refractivity contribution in [3.63, 3.8) is 0 Å². The fourth-order valence-corrected chi connectivity index (χ4v) is 8.82. The van der Waals surface area contributed by atoms with Crippen molar-refractivity contribution in [1.82, 2.24) is 19.5 Å². The highest BCUT2D eigenvalue weighted by molar-refractivity contribution is 6.23. The Balaban J connectivity index is 1.11. The van der Waals surface area contributed by atoms with Gasteiger partial charge in [0.2, 0.25) is 0 Å². The lowest BCUT2D eigenvalue weighted by molar-refractivity contribution is 0.669. The number of fused-ring (bicyclic) bond motifs is 11. The molecule has 1 unspecified atom stereocenters. The van der Waals surface area contributed by atoms with E-state index in [1.807, 2.05) is 30.3 Å². The maximum absolute atomic E-state index is 6.82. The molecule has 1 atom stereocenters. The van der Waals surface area contributed by atoms with Crippen molar-refractivity contribution in [3.8, 4) is 28.5 Å². The molecule has 12 rings (SSSR count). The van der Waals surface area contributed by atoms with Gasteiger partial charge in [0.25, 0.3) is 0 Å². The lowest BCUT2D eigenvalue weighted by atomic mass is 9.99. The number of para-hydroxylation sites is 1. The van der Waals surface area contributed by atoms with Gasteiger partial charge in [-0.15, -0.1) is 0 Å². The fraction of sp³-hybridized carbons (Fsp3) is 0.0392. The van der Waals surface area contributed by atoms with Crippen LogP contribution in [0.25, 0.3) is 105 Å². The van der Waals surface area contributed by atoms with E-state index in [4.69, 9.17) is 19.4 Å². The van der Waals surface area contributed by atoms with E-state index in [1.54, 1.807) is 0 Å². The largest absolute Gasteiger partial charge is 0.455 e. The zero-order valence-corrected chi connectivity index (χ0v) is 30.2. The zero-order chi connectivity index (χ0) is 36.7. The first-order valence-electron chi connectivity index (χ1n) is 19.1. The van der Waals surface area contributed by atoms with Gasteiger partial charge in [-0.25, -0.2) is 15.0 Å². The molecule has 5 heteroatoms. The van der Waals surface area contributed by atoms with Crippen molar-refractivity contribution >= 4 is 76.1 Å². The first-order chi connectivity index (χ1) is 27.7. The minimum absolute atomic E-state index is 0.0670. The molecule has 11 aromatic rings. The van der Waals surface area contributed by atoms with Gasteiger partial charge in [-0.1, -0.05) is 140 Å². The summed E-state index contributed by atoms with van der Waals surface area (Å²) in [5, 5.41) is 11.8. The molecule has 3 heterocycles. The maximum Gasteiger partial charge on any atom is 0.167 e. The topological polar surface area (TPSA) is 56.7 Å². The smallest absolute Gasteiger partial charge is 0.167 e.